The van der Waals surface area contributed by atoms with Crippen LogP contribution in [0, 0.1) is 0 Å². The van der Waals surface area contributed by atoms with Crippen LogP contribution in [-0.2, 0) is 0 Å². The van der Waals surface area contributed by atoms with E-state index in [4.69, 9.17) is 0 Å². The van der Waals surface area contributed by atoms with Crippen molar-refractivity contribution in [3.8, 4) is 0 Å². The summed E-state index contributed by atoms with van der Waals surface area (Å²) in [5, 5.41) is 9.96. The van der Waals surface area contributed by atoms with Crippen LogP contribution in [0.4, 0.5) is 0 Å². The summed E-state index contributed by atoms with van der Waals surface area (Å²) in [6.45, 7) is 2.18. The van der Waals surface area contributed by atoms with E-state index < -0.39 is 5.97 Å². The van der Waals surface area contributed by atoms with Crippen molar-refractivity contribution in [2.75, 3.05) is 5.75 Å². The number of hydrogen-bond acceptors (Lipinski definition) is 3. The number of aromatic nitrogens is 2. The molecule has 0 aliphatic heterocycles. The molecule has 2 aromatic rings. The Kier molecular flexibility index (Phi) is 3.70. The number of carbonyl (C=O) groups is 1. The first-order chi connectivity index (χ1) is 9.72. The van der Waals surface area contributed by atoms with Crippen LogP contribution in [0.1, 0.15) is 42.6 Å². The van der Waals surface area contributed by atoms with Gasteiger partial charge in [0.1, 0.15) is 0 Å². The molecule has 1 aromatic carbocycles. The summed E-state index contributed by atoms with van der Waals surface area (Å²) in [5.41, 5.74) is 1.90. The monoisotopic (exact) mass is 290 g/mol. The highest BCUT2D eigenvalue weighted by Gasteiger charge is 2.30. The van der Waals surface area contributed by atoms with Crippen molar-refractivity contribution in [2.24, 2.45) is 0 Å². The van der Waals surface area contributed by atoms with Gasteiger partial charge in [0, 0.05) is 11.3 Å². The Morgan fingerprint density at radius 3 is 3.10 bits per heavy atom. The summed E-state index contributed by atoms with van der Waals surface area (Å²) < 4.78 is 2.10. The van der Waals surface area contributed by atoms with Gasteiger partial charge in [-0.2, -0.15) is 11.8 Å². The molecule has 106 valence electrons. The molecule has 1 aromatic heterocycles. The van der Waals surface area contributed by atoms with E-state index in [0.29, 0.717) is 16.9 Å². The number of thioether (sulfide) groups is 1. The highest BCUT2D eigenvalue weighted by molar-refractivity contribution is 7.99. The Morgan fingerprint density at radius 1 is 1.50 bits per heavy atom. The molecule has 1 heterocycles. The lowest BCUT2D eigenvalue weighted by Crippen LogP contribution is -2.16. The van der Waals surface area contributed by atoms with Crippen molar-refractivity contribution < 1.29 is 9.90 Å². The summed E-state index contributed by atoms with van der Waals surface area (Å²) in [7, 11) is 0. The Bertz CT molecular complexity index is 638. The predicted molar refractivity (Wildman–Crippen MR) is 81.5 cm³/mol. The number of rotatable bonds is 4. The minimum atomic E-state index is -0.880. The average Bonchev–Trinajstić information content (AvgIpc) is 3.04. The van der Waals surface area contributed by atoms with Gasteiger partial charge in [0.2, 0.25) is 0 Å². The van der Waals surface area contributed by atoms with Crippen molar-refractivity contribution in [1.29, 1.82) is 0 Å². The highest BCUT2D eigenvalue weighted by Crippen LogP contribution is 2.40. The largest absolute Gasteiger partial charge is 0.478 e. The lowest BCUT2D eigenvalue weighted by atomic mass is 10.1. The zero-order chi connectivity index (χ0) is 14.1. The number of para-hydroxylation sites is 1. The van der Waals surface area contributed by atoms with E-state index in [1.54, 1.807) is 12.1 Å². The molecule has 3 rings (SSSR count). The summed E-state index contributed by atoms with van der Waals surface area (Å²) >= 11 is 1.97. The first kappa shape index (κ1) is 13.5. The van der Waals surface area contributed by atoms with Gasteiger partial charge in [0.25, 0.3) is 0 Å². The van der Waals surface area contributed by atoms with E-state index in [9.17, 15) is 9.90 Å². The normalized spacial score (nSPS) is 22.4. The van der Waals surface area contributed by atoms with Crippen molar-refractivity contribution in [2.45, 2.75) is 37.5 Å². The van der Waals surface area contributed by atoms with Gasteiger partial charge < -0.3 is 9.67 Å². The van der Waals surface area contributed by atoms with Crippen LogP contribution in [0.25, 0.3) is 11.0 Å². The number of hydrogen-bond donors (Lipinski definition) is 1. The Hall–Kier alpha value is -1.49. The quantitative estimate of drug-likeness (QED) is 0.935. The van der Waals surface area contributed by atoms with E-state index >= 15 is 0 Å². The maximum atomic E-state index is 11.4. The van der Waals surface area contributed by atoms with Crippen molar-refractivity contribution in [3.05, 3.63) is 30.1 Å². The second kappa shape index (κ2) is 5.48. The molecule has 1 aliphatic rings. The molecule has 0 radical (unpaired) electrons. The number of benzene rings is 1. The number of fused-ring (bicyclic) bond motifs is 1. The summed E-state index contributed by atoms with van der Waals surface area (Å²) in [6.07, 6.45) is 5.34. The molecule has 1 N–H and O–H groups in total. The van der Waals surface area contributed by atoms with Gasteiger partial charge in [-0.05, 0) is 30.7 Å². The van der Waals surface area contributed by atoms with E-state index in [0.717, 1.165) is 23.2 Å². The summed E-state index contributed by atoms with van der Waals surface area (Å²) in [6, 6.07) is 5.68. The van der Waals surface area contributed by atoms with Gasteiger partial charge in [0.05, 0.1) is 22.9 Å². The van der Waals surface area contributed by atoms with Crippen LogP contribution in [0.15, 0.2) is 24.5 Å². The molecule has 5 heteroatoms. The Morgan fingerprint density at radius 2 is 2.35 bits per heavy atom. The zero-order valence-corrected chi connectivity index (χ0v) is 12.3. The van der Waals surface area contributed by atoms with Gasteiger partial charge in [-0.3, -0.25) is 0 Å². The molecule has 1 saturated carbocycles. The SMILES string of the molecule is CCSC1CCCC1n1cnc2cccc(C(=O)O)c21. The van der Waals surface area contributed by atoms with Crippen LogP contribution in [-0.4, -0.2) is 31.6 Å². The minimum Gasteiger partial charge on any atom is -0.478 e. The molecule has 0 bridgehead atoms. The summed E-state index contributed by atoms with van der Waals surface area (Å²) in [5.74, 6) is 0.217. The predicted octanol–water partition coefficient (Wildman–Crippen LogP) is 3.58. The van der Waals surface area contributed by atoms with Gasteiger partial charge in [-0.15, -0.1) is 0 Å². The van der Waals surface area contributed by atoms with Gasteiger partial charge in [0.15, 0.2) is 0 Å². The second-order valence-corrected chi connectivity index (χ2v) is 6.64. The molecule has 1 aliphatic carbocycles. The van der Waals surface area contributed by atoms with E-state index in [2.05, 4.69) is 16.5 Å². The lowest BCUT2D eigenvalue weighted by Gasteiger charge is -2.21. The van der Waals surface area contributed by atoms with Gasteiger partial charge >= 0.3 is 5.97 Å². The number of aromatic carboxylic acids is 1. The number of carboxylic acids is 1. The van der Waals surface area contributed by atoms with Crippen LogP contribution in [0.5, 0.6) is 0 Å². The van der Waals surface area contributed by atoms with Gasteiger partial charge in [-0.1, -0.05) is 19.4 Å². The van der Waals surface area contributed by atoms with Crippen molar-refractivity contribution in [3.63, 3.8) is 0 Å². The third kappa shape index (κ3) is 2.20. The van der Waals surface area contributed by atoms with E-state index in [-0.39, 0.29) is 0 Å². The Labute approximate surface area is 122 Å². The fourth-order valence-corrected chi connectivity index (χ4v) is 4.40. The van der Waals surface area contributed by atoms with Crippen LogP contribution in [0.2, 0.25) is 0 Å². The summed E-state index contributed by atoms with van der Waals surface area (Å²) in [4.78, 5) is 15.8. The highest BCUT2D eigenvalue weighted by atomic mass is 32.2. The second-order valence-electron chi connectivity index (χ2n) is 5.12. The molecular formula is C15H18N2O2S. The van der Waals surface area contributed by atoms with Crippen molar-refractivity contribution >= 4 is 28.8 Å². The third-order valence-electron chi connectivity index (χ3n) is 3.98. The fourth-order valence-electron chi connectivity index (χ4n) is 3.15. The maximum absolute atomic E-state index is 11.4. The molecule has 0 spiro atoms. The van der Waals surface area contributed by atoms with E-state index in [1.165, 1.54) is 12.8 Å². The molecule has 0 amide bonds. The molecule has 2 atom stereocenters. The van der Waals surface area contributed by atoms with Crippen LogP contribution < -0.4 is 0 Å². The number of nitrogens with zero attached hydrogens (tertiary/aromatic N) is 2. The molecular weight excluding hydrogens is 272 g/mol. The number of imidazole rings is 1. The molecule has 2 unspecified atom stereocenters. The first-order valence-electron chi connectivity index (χ1n) is 7.02. The number of carboxylic acid groups (broad SMARTS) is 1. The van der Waals surface area contributed by atoms with Gasteiger partial charge in [-0.25, -0.2) is 9.78 Å². The first-order valence-corrected chi connectivity index (χ1v) is 8.07. The molecule has 1 fully saturated rings. The van der Waals surface area contributed by atoms with Crippen LogP contribution in [0.3, 0.4) is 0 Å². The topological polar surface area (TPSA) is 55.1 Å². The van der Waals surface area contributed by atoms with E-state index in [1.807, 2.05) is 24.2 Å². The lowest BCUT2D eigenvalue weighted by molar-refractivity contribution is 0.0698. The third-order valence-corrected chi connectivity index (χ3v) is 5.29. The maximum Gasteiger partial charge on any atom is 0.337 e. The smallest absolute Gasteiger partial charge is 0.337 e. The molecule has 20 heavy (non-hydrogen) atoms. The van der Waals surface area contributed by atoms with Crippen molar-refractivity contribution in [1.82, 2.24) is 9.55 Å². The molecule has 4 nitrogen and oxygen atoms in total. The molecule has 0 saturated heterocycles. The fraction of sp³-hybridized carbons (Fsp3) is 0.467. The Balaban J connectivity index is 2.09. The standard InChI is InChI=1S/C15H18N2O2S/c1-2-20-13-8-4-7-12(13)17-9-16-11-6-3-5-10(14(11)17)15(18)19/h3,5-6,9,12-13H,2,4,7-8H2,1H3,(H,18,19). The zero-order valence-electron chi connectivity index (χ0n) is 11.5. The van der Waals surface area contributed by atoms with Crippen LogP contribution >= 0.6 is 11.8 Å². The minimum absolute atomic E-state index is 0.354. The average molecular weight is 290 g/mol.